The van der Waals surface area contributed by atoms with Gasteiger partial charge < -0.3 is 5.11 Å². The number of carbonyl (C=O) groups is 1. The van der Waals surface area contributed by atoms with Crippen LogP contribution in [-0.2, 0) is 4.79 Å². The van der Waals surface area contributed by atoms with Crippen molar-refractivity contribution >= 4 is 5.78 Å². The molecular formula is C21H25FO2. The summed E-state index contributed by atoms with van der Waals surface area (Å²) < 4.78 is 15.5. The van der Waals surface area contributed by atoms with Crippen LogP contribution < -0.4 is 0 Å². The van der Waals surface area contributed by atoms with E-state index >= 15 is 4.39 Å². The van der Waals surface area contributed by atoms with Crippen LogP contribution in [0.5, 0.6) is 0 Å². The lowest BCUT2D eigenvalue weighted by Crippen LogP contribution is -2.57. The summed E-state index contributed by atoms with van der Waals surface area (Å²) in [6.07, 6.45) is 13.4. The molecule has 4 rings (SSSR count). The number of aliphatic hydroxyl groups is 1. The van der Waals surface area contributed by atoms with Crippen LogP contribution in [-0.4, -0.2) is 22.7 Å². The smallest absolute Gasteiger partial charge is 0.156 e. The van der Waals surface area contributed by atoms with E-state index < -0.39 is 17.2 Å². The standard InChI is InChI=1S/C21H25FO2/c1-4-21(24)10-8-16-15-6-5-13-11-14(23)7-9-19(13,2)18(15)17(22)12-20(16,21)3/h1,5-6,11,15-18,24H,7-10,12H2,2-3H3/t15-,16-,17-,18+,19-,20-,21-/m0/s1. The number of halogens is 1. The Kier molecular flexibility index (Phi) is 3.23. The summed E-state index contributed by atoms with van der Waals surface area (Å²) in [7, 11) is 0. The van der Waals surface area contributed by atoms with Crippen molar-refractivity contribution in [2.45, 2.75) is 57.7 Å². The van der Waals surface area contributed by atoms with Gasteiger partial charge in [-0.15, -0.1) is 6.42 Å². The fourth-order valence-electron chi connectivity index (χ4n) is 6.30. The van der Waals surface area contributed by atoms with Gasteiger partial charge in [-0.25, -0.2) is 4.39 Å². The number of terminal acetylenes is 1. The fourth-order valence-corrected chi connectivity index (χ4v) is 6.30. The van der Waals surface area contributed by atoms with E-state index in [0.717, 1.165) is 12.0 Å². The molecule has 0 saturated heterocycles. The summed E-state index contributed by atoms with van der Waals surface area (Å²) in [6, 6.07) is 0. The van der Waals surface area contributed by atoms with Crippen LogP contribution in [0, 0.1) is 40.9 Å². The first kappa shape index (κ1) is 16.1. The zero-order chi connectivity index (χ0) is 17.3. The highest BCUT2D eigenvalue weighted by Gasteiger charge is 2.65. The van der Waals surface area contributed by atoms with Crippen molar-refractivity contribution in [3.05, 3.63) is 23.8 Å². The van der Waals surface area contributed by atoms with E-state index in [0.29, 0.717) is 25.7 Å². The second kappa shape index (κ2) is 4.82. The Morgan fingerprint density at radius 3 is 2.83 bits per heavy atom. The summed E-state index contributed by atoms with van der Waals surface area (Å²) in [5.74, 6) is 2.87. The van der Waals surface area contributed by atoms with E-state index in [1.165, 1.54) is 0 Å². The average Bonchev–Trinajstić information content (AvgIpc) is 2.79. The Bertz CT molecular complexity index is 701. The van der Waals surface area contributed by atoms with Gasteiger partial charge in [0.05, 0.1) is 0 Å². The largest absolute Gasteiger partial charge is 0.377 e. The topological polar surface area (TPSA) is 37.3 Å². The fraction of sp³-hybridized carbons (Fsp3) is 0.667. The quantitative estimate of drug-likeness (QED) is 0.690. The molecule has 128 valence electrons. The third-order valence-electron chi connectivity index (χ3n) is 7.81. The Labute approximate surface area is 143 Å². The van der Waals surface area contributed by atoms with Gasteiger partial charge in [-0.3, -0.25) is 4.79 Å². The molecular weight excluding hydrogens is 303 g/mol. The molecule has 0 aliphatic heterocycles. The molecule has 3 heteroatoms. The minimum atomic E-state index is -1.21. The van der Waals surface area contributed by atoms with Crippen molar-refractivity contribution in [1.82, 2.24) is 0 Å². The van der Waals surface area contributed by atoms with Gasteiger partial charge in [0.1, 0.15) is 11.8 Å². The molecule has 4 aliphatic rings. The van der Waals surface area contributed by atoms with Gasteiger partial charge in [0.25, 0.3) is 0 Å². The van der Waals surface area contributed by atoms with Crippen LogP contribution in [0.15, 0.2) is 23.8 Å². The molecule has 0 aromatic rings. The summed E-state index contributed by atoms with van der Waals surface area (Å²) >= 11 is 0. The highest BCUT2D eigenvalue weighted by Crippen LogP contribution is 2.66. The Morgan fingerprint density at radius 1 is 1.38 bits per heavy atom. The van der Waals surface area contributed by atoms with Crippen LogP contribution in [0.2, 0.25) is 0 Å². The maximum Gasteiger partial charge on any atom is 0.156 e. The van der Waals surface area contributed by atoms with Crippen LogP contribution in [0.25, 0.3) is 0 Å². The predicted molar refractivity (Wildman–Crippen MR) is 90.7 cm³/mol. The SMILES string of the molecule is C#C[C@]1(O)CC[C@H]2[C@@H]3C=CC4=CC(=O)CC[C@]4(C)[C@H]3[C@@H](F)C[C@@]21C. The predicted octanol–water partition coefficient (Wildman–Crippen LogP) is 3.61. The van der Waals surface area contributed by atoms with Crippen molar-refractivity contribution in [2.24, 2.45) is 28.6 Å². The van der Waals surface area contributed by atoms with E-state index in [-0.39, 0.29) is 29.0 Å². The summed E-state index contributed by atoms with van der Waals surface area (Å²) in [5, 5.41) is 10.9. The number of rotatable bonds is 0. The molecule has 2 fully saturated rings. The Hall–Kier alpha value is -1.40. The molecule has 4 aliphatic carbocycles. The monoisotopic (exact) mass is 328 g/mol. The van der Waals surface area contributed by atoms with E-state index in [2.05, 4.69) is 18.9 Å². The van der Waals surface area contributed by atoms with Gasteiger partial charge in [0.15, 0.2) is 5.78 Å². The number of ketones is 1. The molecule has 7 atom stereocenters. The number of alkyl halides is 1. The van der Waals surface area contributed by atoms with Crippen molar-refractivity contribution in [1.29, 1.82) is 0 Å². The van der Waals surface area contributed by atoms with Crippen molar-refractivity contribution in [3.8, 4) is 12.3 Å². The van der Waals surface area contributed by atoms with Crippen LogP contribution in [0.1, 0.15) is 46.0 Å². The molecule has 2 nitrogen and oxygen atoms in total. The van der Waals surface area contributed by atoms with Gasteiger partial charge in [0, 0.05) is 17.8 Å². The Morgan fingerprint density at radius 2 is 2.12 bits per heavy atom. The first-order valence-electron chi connectivity index (χ1n) is 9.03. The number of hydrogen-bond donors (Lipinski definition) is 1. The molecule has 0 unspecified atom stereocenters. The van der Waals surface area contributed by atoms with Gasteiger partial charge in [-0.2, -0.15) is 0 Å². The van der Waals surface area contributed by atoms with Gasteiger partial charge in [-0.1, -0.05) is 31.9 Å². The zero-order valence-corrected chi connectivity index (χ0v) is 14.4. The molecule has 2 saturated carbocycles. The van der Waals surface area contributed by atoms with Crippen LogP contribution >= 0.6 is 0 Å². The number of fused-ring (bicyclic) bond motifs is 5. The average molecular weight is 328 g/mol. The molecule has 24 heavy (non-hydrogen) atoms. The van der Waals surface area contributed by atoms with E-state index in [1.807, 2.05) is 13.0 Å². The number of allylic oxidation sites excluding steroid dienone is 4. The number of carbonyl (C=O) groups excluding carboxylic acids is 1. The minimum absolute atomic E-state index is 0.0801. The molecule has 0 aromatic heterocycles. The molecule has 0 amide bonds. The van der Waals surface area contributed by atoms with Gasteiger partial charge >= 0.3 is 0 Å². The molecule has 0 heterocycles. The Balaban J connectivity index is 1.81. The third kappa shape index (κ3) is 1.78. The summed E-state index contributed by atoms with van der Waals surface area (Å²) in [4.78, 5) is 11.8. The maximum atomic E-state index is 15.5. The first-order chi connectivity index (χ1) is 11.2. The van der Waals surface area contributed by atoms with Crippen LogP contribution in [0.3, 0.4) is 0 Å². The zero-order valence-electron chi connectivity index (χ0n) is 14.4. The molecule has 1 N–H and O–H groups in total. The molecule has 0 bridgehead atoms. The highest BCUT2D eigenvalue weighted by molar-refractivity contribution is 5.92. The second-order valence-corrected chi connectivity index (χ2v) is 8.73. The second-order valence-electron chi connectivity index (χ2n) is 8.73. The van der Waals surface area contributed by atoms with Crippen molar-refractivity contribution < 1.29 is 14.3 Å². The number of hydrogen-bond acceptors (Lipinski definition) is 2. The normalized spacial score (nSPS) is 52.8. The lowest BCUT2D eigenvalue weighted by atomic mass is 9.47. The van der Waals surface area contributed by atoms with Gasteiger partial charge in [0.2, 0.25) is 0 Å². The third-order valence-corrected chi connectivity index (χ3v) is 7.81. The van der Waals surface area contributed by atoms with Gasteiger partial charge in [-0.05, 0) is 54.6 Å². The molecule has 0 aromatic carbocycles. The maximum absolute atomic E-state index is 15.5. The van der Waals surface area contributed by atoms with Crippen molar-refractivity contribution in [3.63, 3.8) is 0 Å². The molecule has 0 radical (unpaired) electrons. The minimum Gasteiger partial charge on any atom is -0.377 e. The lowest BCUT2D eigenvalue weighted by Gasteiger charge is -2.57. The van der Waals surface area contributed by atoms with E-state index in [4.69, 9.17) is 6.42 Å². The molecule has 0 spiro atoms. The summed E-state index contributed by atoms with van der Waals surface area (Å²) in [6.45, 7) is 4.09. The van der Waals surface area contributed by atoms with Crippen LogP contribution in [0.4, 0.5) is 4.39 Å². The van der Waals surface area contributed by atoms with Crippen molar-refractivity contribution in [2.75, 3.05) is 0 Å². The highest BCUT2D eigenvalue weighted by atomic mass is 19.1. The lowest BCUT2D eigenvalue weighted by molar-refractivity contribution is -0.122. The first-order valence-corrected chi connectivity index (χ1v) is 9.03. The summed E-state index contributed by atoms with van der Waals surface area (Å²) in [5.41, 5.74) is -1.09. The van der Waals surface area contributed by atoms with E-state index in [1.54, 1.807) is 6.08 Å². The van der Waals surface area contributed by atoms with E-state index in [9.17, 15) is 9.90 Å².